The summed E-state index contributed by atoms with van der Waals surface area (Å²) in [6.45, 7) is 5.19. The Morgan fingerprint density at radius 2 is 2.33 bits per heavy atom. The van der Waals surface area contributed by atoms with Crippen molar-refractivity contribution in [2.24, 2.45) is 0 Å². The molecule has 0 saturated carbocycles. The van der Waals surface area contributed by atoms with E-state index in [-0.39, 0.29) is 5.91 Å². The average Bonchev–Trinajstić information content (AvgIpc) is 2.97. The number of thiophene rings is 1. The van der Waals surface area contributed by atoms with E-state index in [2.05, 4.69) is 16.7 Å². The number of carbonyl (C=O) groups is 1. The van der Waals surface area contributed by atoms with Crippen LogP contribution in [0.1, 0.15) is 37.9 Å². The molecular weight excluding hydrogens is 286 g/mol. The molecule has 1 amide bonds. The number of carbonyl (C=O) groups excluding carboxylic acids is 1. The van der Waals surface area contributed by atoms with Crippen LogP contribution < -0.4 is 10.6 Å². The highest BCUT2D eigenvalue weighted by Gasteiger charge is 2.23. The SMILES string of the molecule is Cc1cc(C(=O)Nc2sc3c(c2C#N)CCNC3)c(C)o1. The standard InChI is InChI=1S/C15H15N3O2S/c1-8-5-11(9(2)20-8)14(19)18-15-12(6-16)10-3-4-17-7-13(10)21-15/h5,17H,3-4,7H2,1-2H3,(H,18,19). The van der Waals surface area contributed by atoms with Crippen LogP contribution in [0.25, 0.3) is 0 Å². The van der Waals surface area contributed by atoms with Gasteiger partial charge in [0.05, 0.1) is 11.1 Å². The molecule has 108 valence electrons. The molecule has 0 bridgehead atoms. The quantitative estimate of drug-likeness (QED) is 0.894. The number of anilines is 1. The minimum atomic E-state index is -0.229. The maximum absolute atomic E-state index is 12.3. The van der Waals surface area contributed by atoms with Crippen molar-refractivity contribution in [1.82, 2.24) is 5.32 Å². The highest BCUT2D eigenvalue weighted by molar-refractivity contribution is 7.16. The summed E-state index contributed by atoms with van der Waals surface area (Å²) in [6, 6.07) is 3.94. The Morgan fingerprint density at radius 3 is 3.00 bits per heavy atom. The van der Waals surface area contributed by atoms with Gasteiger partial charge in [0.1, 0.15) is 22.6 Å². The molecule has 1 aliphatic heterocycles. The highest BCUT2D eigenvalue weighted by atomic mass is 32.1. The molecule has 0 radical (unpaired) electrons. The summed E-state index contributed by atoms with van der Waals surface area (Å²) in [4.78, 5) is 13.5. The molecule has 21 heavy (non-hydrogen) atoms. The molecule has 2 N–H and O–H groups in total. The Morgan fingerprint density at radius 1 is 1.52 bits per heavy atom. The molecule has 0 spiro atoms. The first-order valence-electron chi connectivity index (χ1n) is 6.74. The summed E-state index contributed by atoms with van der Waals surface area (Å²) >= 11 is 1.47. The number of rotatable bonds is 2. The Labute approximate surface area is 126 Å². The van der Waals surface area contributed by atoms with Gasteiger partial charge in [0.25, 0.3) is 5.91 Å². The number of furan rings is 1. The minimum Gasteiger partial charge on any atom is -0.466 e. The van der Waals surface area contributed by atoms with E-state index in [1.807, 2.05) is 0 Å². The van der Waals surface area contributed by atoms with Crippen molar-refractivity contribution < 1.29 is 9.21 Å². The lowest BCUT2D eigenvalue weighted by Gasteiger charge is -2.11. The topological polar surface area (TPSA) is 78.1 Å². The minimum absolute atomic E-state index is 0.229. The molecule has 5 nitrogen and oxygen atoms in total. The normalized spacial score (nSPS) is 13.6. The van der Waals surface area contributed by atoms with E-state index < -0.39 is 0 Å². The lowest BCUT2D eigenvalue weighted by molar-refractivity contribution is 0.102. The molecule has 3 heterocycles. The monoisotopic (exact) mass is 301 g/mol. The van der Waals surface area contributed by atoms with Gasteiger partial charge in [0, 0.05) is 11.4 Å². The van der Waals surface area contributed by atoms with E-state index in [0.29, 0.717) is 27.6 Å². The summed E-state index contributed by atoms with van der Waals surface area (Å²) in [7, 11) is 0. The number of aryl methyl sites for hydroxylation is 2. The van der Waals surface area contributed by atoms with E-state index in [0.717, 1.165) is 30.0 Å². The van der Waals surface area contributed by atoms with Crippen LogP contribution in [0.5, 0.6) is 0 Å². The lowest BCUT2D eigenvalue weighted by atomic mass is 10.1. The fourth-order valence-corrected chi connectivity index (χ4v) is 3.73. The van der Waals surface area contributed by atoms with Crippen molar-refractivity contribution in [1.29, 1.82) is 5.26 Å². The molecular formula is C15H15N3O2S. The molecule has 0 aliphatic carbocycles. The predicted octanol–water partition coefficient (Wildman–Crippen LogP) is 2.73. The molecule has 0 fully saturated rings. The van der Waals surface area contributed by atoms with Gasteiger partial charge in [-0.2, -0.15) is 5.26 Å². The second kappa shape index (κ2) is 5.35. The van der Waals surface area contributed by atoms with E-state index in [1.54, 1.807) is 19.9 Å². The summed E-state index contributed by atoms with van der Waals surface area (Å²) in [5.41, 5.74) is 2.18. The van der Waals surface area contributed by atoms with E-state index in [1.165, 1.54) is 11.3 Å². The molecule has 2 aromatic rings. The van der Waals surface area contributed by atoms with Crippen molar-refractivity contribution in [3.63, 3.8) is 0 Å². The number of nitrogens with one attached hydrogen (secondary N) is 2. The third kappa shape index (κ3) is 2.46. The van der Waals surface area contributed by atoms with Crippen LogP contribution in [0.3, 0.4) is 0 Å². The average molecular weight is 301 g/mol. The molecule has 0 saturated heterocycles. The number of nitriles is 1. The van der Waals surface area contributed by atoms with Crippen molar-refractivity contribution >= 4 is 22.2 Å². The molecule has 1 aliphatic rings. The fraction of sp³-hybridized carbons (Fsp3) is 0.333. The van der Waals surface area contributed by atoms with Crippen LogP contribution >= 0.6 is 11.3 Å². The first kappa shape index (κ1) is 13.9. The third-order valence-corrected chi connectivity index (χ3v) is 4.70. The summed E-state index contributed by atoms with van der Waals surface area (Å²) in [5, 5.41) is 16.1. The number of nitrogens with zero attached hydrogens (tertiary/aromatic N) is 1. The molecule has 2 aromatic heterocycles. The molecule has 6 heteroatoms. The Balaban J connectivity index is 1.92. The van der Waals surface area contributed by atoms with Crippen LogP contribution in [-0.2, 0) is 13.0 Å². The second-order valence-corrected chi connectivity index (χ2v) is 6.13. The van der Waals surface area contributed by atoms with E-state index in [4.69, 9.17) is 4.42 Å². The van der Waals surface area contributed by atoms with Crippen LogP contribution in [0.2, 0.25) is 0 Å². The summed E-state index contributed by atoms with van der Waals surface area (Å²) in [5.74, 6) is 1.06. The molecule has 0 unspecified atom stereocenters. The maximum atomic E-state index is 12.3. The van der Waals surface area contributed by atoms with Crippen molar-refractivity contribution in [2.45, 2.75) is 26.8 Å². The Kier molecular flexibility index (Phi) is 3.53. The fourth-order valence-electron chi connectivity index (χ4n) is 2.57. The summed E-state index contributed by atoms with van der Waals surface area (Å²) in [6.07, 6.45) is 0.828. The lowest BCUT2D eigenvalue weighted by Crippen LogP contribution is -2.22. The van der Waals surface area contributed by atoms with Gasteiger partial charge in [-0.1, -0.05) is 0 Å². The zero-order chi connectivity index (χ0) is 15.0. The number of hydrogen-bond donors (Lipinski definition) is 2. The molecule has 0 atom stereocenters. The third-order valence-electron chi connectivity index (χ3n) is 3.55. The first-order chi connectivity index (χ1) is 10.1. The smallest absolute Gasteiger partial charge is 0.259 e. The van der Waals surface area contributed by atoms with Gasteiger partial charge in [-0.05, 0) is 38.4 Å². The van der Waals surface area contributed by atoms with Gasteiger partial charge in [0.15, 0.2) is 0 Å². The van der Waals surface area contributed by atoms with Crippen LogP contribution in [0.15, 0.2) is 10.5 Å². The van der Waals surface area contributed by atoms with Crippen molar-refractivity contribution in [2.75, 3.05) is 11.9 Å². The van der Waals surface area contributed by atoms with Gasteiger partial charge >= 0.3 is 0 Å². The molecule has 0 aromatic carbocycles. The highest BCUT2D eigenvalue weighted by Crippen LogP contribution is 2.35. The van der Waals surface area contributed by atoms with Gasteiger partial charge in [-0.25, -0.2) is 0 Å². The number of amides is 1. The Hall–Kier alpha value is -2.10. The van der Waals surface area contributed by atoms with E-state index >= 15 is 0 Å². The van der Waals surface area contributed by atoms with E-state index in [9.17, 15) is 10.1 Å². The van der Waals surface area contributed by atoms with Gasteiger partial charge in [0.2, 0.25) is 0 Å². The van der Waals surface area contributed by atoms with Crippen LogP contribution in [-0.4, -0.2) is 12.5 Å². The number of fused-ring (bicyclic) bond motifs is 1. The molecule has 3 rings (SSSR count). The maximum Gasteiger partial charge on any atom is 0.259 e. The predicted molar refractivity (Wildman–Crippen MR) is 80.6 cm³/mol. The van der Waals surface area contributed by atoms with Crippen molar-refractivity contribution in [3.8, 4) is 6.07 Å². The van der Waals surface area contributed by atoms with Crippen molar-refractivity contribution in [3.05, 3.63) is 39.2 Å². The zero-order valence-electron chi connectivity index (χ0n) is 11.9. The second-order valence-electron chi connectivity index (χ2n) is 5.03. The van der Waals surface area contributed by atoms with Crippen LogP contribution in [0, 0.1) is 25.2 Å². The zero-order valence-corrected chi connectivity index (χ0v) is 12.7. The van der Waals surface area contributed by atoms with Gasteiger partial charge in [-0.3, -0.25) is 4.79 Å². The largest absolute Gasteiger partial charge is 0.466 e. The van der Waals surface area contributed by atoms with Gasteiger partial charge < -0.3 is 15.1 Å². The first-order valence-corrected chi connectivity index (χ1v) is 7.55. The van der Waals surface area contributed by atoms with Gasteiger partial charge in [-0.15, -0.1) is 11.3 Å². The Bertz CT molecular complexity index is 752. The van der Waals surface area contributed by atoms with Crippen LogP contribution in [0.4, 0.5) is 5.00 Å². The summed E-state index contributed by atoms with van der Waals surface area (Å²) < 4.78 is 5.38. The number of hydrogen-bond acceptors (Lipinski definition) is 5.